The maximum Gasteiger partial charge on any atom is 0.333 e. The van der Waals surface area contributed by atoms with Crippen LogP contribution in [0.15, 0.2) is 24.3 Å². The molecule has 23 heavy (non-hydrogen) atoms. The van der Waals surface area contributed by atoms with Crippen molar-refractivity contribution in [3.8, 4) is 0 Å². The van der Waals surface area contributed by atoms with E-state index in [0.717, 1.165) is 0 Å². The highest BCUT2D eigenvalue weighted by atomic mass is 32.2. The molecule has 1 heterocycles. The van der Waals surface area contributed by atoms with Crippen LogP contribution in [-0.4, -0.2) is 46.6 Å². The van der Waals surface area contributed by atoms with Gasteiger partial charge in [0.1, 0.15) is 6.61 Å². The van der Waals surface area contributed by atoms with Crippen LogP contribution < -0.4 is 15.8 Å². The lowest BCUT2D eigenvalue weighted by Crippen LogP contribution is -2.41. The lowest BCUT2D eigenvalue weighted by Gasteiger charge is -2.27. The molecule has 1 unspecified atom stereocenters. The van der Waals surface area contributed by atoms with Gasteiger partial charge in [-0.15, -0.1) is 0 Å². The van der Waals surface area contributed by atoms with Gasteiger partial charge in [0.05, 0.1) is 19.1 Å². The van der Waals surface area contributed by atoms with Crippen molar-refractivity contribution in [3.63, 3.8) is 0 Å². The first-order chi connectivity index (χ1) is 10.8. The van der Waals surface area contributed by atoms with Gasteiger partial charge in [0.2, 0.25) is 5.91 Å². The van der Waals surface area contributed by atoms with Gasteiger partial charge in [0, 0.05) is 12.2 Å². The molecule has 10 heteroatoms. The van der Waals surface area contributed by atoms with E-state index in [2.05, 4.69) is 4.18 Å². The fraction of sp³-hybridized carbons (Fsp3) is 0.385. The topological polar surface area (TPSA) is 142 Å². The maximum atomic E-state index is 11.8. The average molecular weight is 343 g/mol. The van der Waals surface area contributed by atoms with Gasteiger partial charge in [-0.1, -0.05) is 12.1 Å². The SMILES string of the molecule is NC(=O)C(COS(N)(=O)=O)c1ccc(N2CCOCC2=O)cc1. The first-order valence-corrected chi connectivity index (χ1v) is 8.19. The molecule has 1 aliphatic heterocycles. The fourth-order valence-corrected chi connectivity index (χ4v) is 2.51. The summed E-state index contributed by atoms with van der Waals surface area (Å²) < 4.78 is 31.2. The van der Waals surface area contributed by atoms with Crippen molar-refractivity contribution < 1.29 is 26.9 Å². The van der Waals surface area contributed by atoms with E-state index in [0.29, 0.717) is 24.4 Å². The van der Waals surface area contributed by atoms with Crippen molar-refractivity contribution >= 4 is 27.8 Å². The summed E-state index contributed by atoms with van der Waals surface area (Å²) in [5.74, 6) is -1.88. The van der Waals surface area contributed by atoms with Crippen LogP contribution in [0.25, 0.3) is 0 Å². The minimum atomic E-state index is -4.17. The Hall–Kier alpha value is -2.01. The van der Waals surface area contributed by atoms with Crippen LogP contribution in [0, 0.1) is 0 Å². The Balaban J connectivity index is 2.15. The van der Waals surface area contributed by atoms with Crippen LogP contribution in [0.4, 0.5) is 5.69 Å². The number of carbonyl (C=O) groups excluding carboxylic acids is 2. The first-order valence-electron chi connectivity index (χ1n) is 6.72. The molecule has 0 bridgehead atoms. The van der Waals surface area contributed by atoms with E-state index in [-0.39, 0.29) is 12.5 Å². The van der Waals surface area contributed by atoms with Crippen molar-refractivity contribution in [2.45, 2.75) is 5.92 Å². The Morgan fingerprint density at radius 3 is 2.52 bits per heavy atom. The van der Waals surface area contributed by atoms with Gasteiger partial charge in [0.15, 0.2) is 0 Å². The van der Waals surface area contributed by atoms with E-state index in [1.807, 2.05) is 0 Å². The second kappa shape index (κ2) is 7.04. The highest BCUT2D eigenvalue weighted by molar-refractivity contribution is 7.84. The Kier molecular flexibility index (Phi) is 5.31. The number of nitrogens with two attached hydrogens (primary N) is 2. The van der Waals surface area contributed by atoms with Crippen molar-refractivity contribution in [1.29, 1.82) is 0 Å². The normalized spacial score (nSPS) is 17.1. The standard InChI is InChI=1S/C13H17N3O6S/c14-13(18)11(7-22-23(15,19)20)9-1-3-10(4-2-9)16-5-6-21-8-12(16)17/h1-4,11H,5-8H2,(H2,14,18)(H2,15,19,20). The predicted octanol–water partition coefficient (Wildman–Crippen LogP) is -1.16. The molecule has 1 saturated heterocycles. The zero-order valence-corrected chi connectivity index (χ0v) is 13.0. The summed E-state index contributed by atoms with van der Waals surface area (Å²) in [5, 5.41) is 4.74. The highest BCUT2D eigenvalue weighted by Crippen LogP contribution is 2.22. The Labute approximate surface area is 133 Å². The van der Waals surface area contributed by atoms with E-state index in [1.54, 1.807) is 29.2 Å². The molecule has 4 N–H and O–H groups in total. The van der Waals surface area contributed by atoms with Gasteiger partial charge in [0.25, 0.3) is 5.91 Å². The van der Waals surface area contributed by atoms with Gasteiger partial charge < -0.3 is 15.4 Å². The minimum Gasteiger partial charge on any atom is -0.370 e. The molecular formula is C13H17N3O6S. The molecule has 0 saturated carbocycles. The van der Waals surface area contributed by atoms with Crippen LogP contribution in [0.3, 0.4) is 0 Å². The van der Waals surface area contributed by atoms with Crippen molar-refractivity contribution in [1.82, 2.24) is 0 Å². The fourth-order valence-electron chi connectivity index (χ4n) is 2.18. The van der Waals surface area contributed by atoms with Crippen LogP contribution in [0.2, 0.25) is 0 Å². The number of benzene rings is 1. The number of primary amides is 1. The molecule has 1 aliphatic rings. The summed E-state index contributed by atoms with van der Waals surface area (Å²) in [4.78, 5) is 24.8. The van der Waals surface area contributed by atoms with E-state index in [1.165, 1.54) is 0 Å². The van der Waals surface area contributed by atoms with E-state index in [4.69, 9.17) is 15.6 Å². The third kappa shape index (κ3) is 4.73. The van der Waals surface area contributed by atoms with Gasteiger partial charge in [-0.05, 0) is 17.7 Å². The van der Waals surface area contributed by atoms with Gasteiger partial charge in [-0.3, -0.25) is 13.8 Å². The molecule has 0 aliphatic carbocycles. The largest absolute Gasteiger partial charge is 0.370 e. The summed E-state index contributed by atoms with van der Waals surface area (Å²) in [6, 6.07) is 6.46. The zero-order valence-electron chi connectivity index (χ0n) is 12.2. The molecule has 1 aromatic carbocycles. The Morgan fingerprint density at radius 2 is 2.00 bits per heavy atom. The smallest absolute Gasteiger partial charge is 0.333 e. The highest BCUT2D eigenvalue weighted by Gasteiger charge is 2.23. The van der Waals surface area contributed by atoms with Crippen LogP contribution >= 0.6 is 0 Å². The van der Waals surface area contributed by atoms with E-state index >= 15 is 0 Å². The quantitative estimate of drug-likeness (QED) is 0.667. The Morgan fingerprint density at radius 1 is 1.35 bits per heavy atom. The number of rotatable bonds is 6. The lowest BCUT2D eigenvalue weighted by atomic mass is 9.99. The minimum absolute atomic E-state index is 0.0217. The van der Waals surface area contributed by atoms with Crippen molar-refractivity contribution in [2.75, 3.05) is 31.3 Å². The monoisotopic (exact) mass is 343 g/mol. The summed E-state index contributed by atoms with van der Waals surface area (Å²) in [5.41, 5.74) is 6.38. The summed E-state index contributed by atoms with van der Waals surface area (Å²) in [7, 11) is -4.17. The Bertz CT molecular complexity index is 688. The van der Waals surface area contributed by atoms with Gasteiger partial charge in [-0.2, -0.15) is 8.42 Å². The predicted molar refractivity (Wildman–Crippen MR) is 80.6 cm³/mol. The third-order valence-electron chi connectivity index (χ3n) is 3.34. The zero-order chi connectivity index (χ0) is 17.0. The molecule has 2 rings (SSSR count). The number of nitrogens with zero attached hydrogens (tertiary/aromatic N) is 1. The molecule has 126 valence electrons. The number of carbonyl (C=O) groups is 2. The number of anilines is 1. The first kappa shape index (κ1) is 17.3. The molecule has 9 nitrogen and oxygen atoms in total. The number of morpholine rings is 1. The second-order valence-corrected chi connectivity index (χ2v) is 6.14. The average Bonchev–Trinajstić information content (AvgIpc) is 2.47. The summed E-state index contributed by atoms with van der Waals surface area (Å²) >= 11 is 0. The molecular weight excluding hydrogens is 326 g/mol. The third-order valence-corrected chi connectivity index (χ3v) is 3.80. The number of ether oxygens (including phenoxy) is 1. The van der Waals surface area contributed by atoms with Gasteiger partial charge >= 0.3 is 10.3 Å². The number of hydrogen-bond donors (Lipinski definition) is 2. The number of amides is 2. The van der Waals surface area contributed by atoms with E-state index in [9.17, 15) is 18.0 Å². The molecule has 0 aromatic heterocycles. The summed E-state index contributed by atoms with van der Waals surface area (Å²) in [6.45, 7) is 0.420. The molecule has 2 amide bonds. The second-order valence-electron chi connectivity index (χ2n) is 4.92. The summed E-state index contributed by atoms with van der Waals surface area (Å²) in [6.07, 6.45) is 0. The van der Waals surface area contributed by atoms with Crippen molar-refractivity contribution in [2.24, 2.45) is 10.9 Å². The molecule has 1 atom stereocenters. The number of hydrogen-bond acceptors (Lipinski definition) is 6. The van der Waals surface area contributed by atoms with Crippen molar-refractivity contribution in [3.05, 3.63) is 29.8 Å². The van der Waals surface area contributed by atoms with Crippen LogP contribution in [0.5, 0.6) is 0 Å². The van der Waals surface area contributed by atoms with Gasteiger partial charge in [-0.25, -0.2) is 5.14 Å². The van der Waals surface area contributed by atoms with Crippen LogP contribution in [-0.2, 0) is 28.8 Å². The van der Waals surface area contributed by atoms with Crippen LogP contribution in [0.1, 0.15) is 11.5 Å². The molecule has 1 aromatic rings. The van der Waals surface area contributed by atoms with E-state index < -0.39 is 28.7 Å². The molecule has 0 radical (unpaired) electrons. The molecule has 0 spiro atoms. The lowest BCUT2D eigenvalue weighted by molar-refractivity contribution is -0.125. The molecule has 1 fully saturated rings. The maximum absolute atomic E-state index is 11.8.